The van der Waals surface area contributed by atoms with E-state index in [4.69, 9.17) is 21.6 Å². The number of ether oxygens (including phenoxy) is 1. The largest absolute Gasteiger partial charge is 0.444 e. The predicted molar refractivity (Wildman–Crippen MR) is 127 cm³/mol. The van der Waals surface area contributed by atoms with Gasteiger partial charge in [-0.2, -0.15) is 5.26 Å². The minimum atomic E-state index is -1.36. The number of esters is 1. The van der Waals surface area contributed by atoms with Crippen LogP contribution in [0.5, 0.6) is 0 Å². The molecule has 0 radical (unpaired) electrons. The van der Waals surface area contributed by atoms with Gasteiger partial charge in [0, 0.05) is 23.4 Å². The van der Waals surface area contributed by atoms with Gasteiger partial charge < -0.3 is 15.4 Å². The van der Waals surface area contributed by atoms with Crippen LogP contribution < -0.4 is 10.6 Å². The van der Waals surface area contributed by atoms with E-state index in [9.17, 15) is 24.5 Å². The molecule has 0 fully saturated rings. The Balaban J connectivity index is 1.79. The van der Waals surface area contributed by atoms with Gasteiger partial charge in [-0.05, 0) is 30.3 Å². The maximum atomic E-state index is 13.0. The zero-order valence-corrected chi connectivity index (χ0v) is 18.7. The molecule has 11 heteroatoms. The first kappa shape index (κ1) is 24.9. The number of hydrogen-bond donors (Lipinski definition) is 2. The summed E-state index contributed by atoms with van der Waals surface area (Å²) in [6, 6.07) is 19.3. The molecule has 0 spiro atoms. The van der Waals surface area contributed by atoms with Crippen LogP contribution in [0.25, 0.3) is 0 Å². The minimum Gasteiger partial charge on any atom is -0.444 e. The number of nitro groups is 1. The first-order valence-electron chi connectivity index (χ1n) is 10.1. The summed E-state index contributed by atoms with van der Waals surface area (Å²) >= 11 is 6.07. The molecule has 0 aliphatic rings. The van der Waals surface area contributed by atoms with Crippen molar-refractivity contribution < 1.29 is 24.0 Å². The average Bonchev–Trinajstić information content (AvgIpc) is 2.84. The summed E-state index contributed by atoms with van der Waals surface area (Å²) in [6.07, 6.45) is -1.67. The fourth-order valence-corrected chi connectivity index (χ4v) is 3.18. The minimum absolute atomic E-state index is 0.0558. The zero-order valence-electron chi connectivity index (χ0n) is 17.9. The highest BCUT2D eigenvalue weighted by Gasteiger charge is 2.26. The van der Waals surface area contributed by atoms with Gasteiger partial charge >= 0.3 is 5.97 Å². The first-order valence-corrected chi connectivity index (χ1v) is 10.4. The lowest BCUT2D eigenvalue weighted by Gasteiger charge is -2.18. The van der Waals surface area contributed by atoms with Gasteiger partial charge in [-0.15, -0.1) is 0 Å². The molecule has 2 N–H and O–H groups in total. The van der Waals surface area contributed by atoms with Crippen LogP contribution >= 0.6 is 11.6 Å². The third-order valence-corrected chi connectivity index (χ3v) is 4.94. The van der Waals surface area contributed by atoms with Crippen molar-refractivity contribution in [2.75, 3.05) is 10.6 Å². The number of anilines is 2. The number of non-ortho nitro benzene ring substituents is 1. The molecule has 10 nitrogen and oxygen atoms in total. The molecule has 1 atom stereocenters. The van der Waals surface area contributed by atoms with Crippen molar-refractivity contribution in [3.8, 4) is 6.07 Å². The fraction of sp³-hybridized carbons (Fsp3) is 0.0833. The zero-order chi connectivity index (χ0) is 25.4. The van der Waals surface area contributed by atoms with Crippen molar-refractivity contribution in [2.24, 2.45) is 0 Å². The molecular weight excluding hydrogens is 476 g/mol. The maximum Gasteiger partial charge on any atom is 0.339 e. The highest BCUT2D eigenvalue weighted by atomic mass is 35.5. The number of carbonyl (C=O) groups is 3. The summed E-state index contributed by atoms with van der Waals surface area (Å²) in [7, 11) is 0. The van der Waals surface area contributed by atoms with Crippen molar-refractivity contribution in [1.29, 1.82) is 5.26 Å². The normalized spacial score (nSPS) is 11.0. The van der Waals surface area contributed by atoms with Crippen molar-refractivity contribution in [1.82, 2.24) is 0 Å². The summed E-state index contributed by atoms with van der Waals surface area (Å²) < 4.78 is 5.49. The number of nitriles is 1. The number of nitrogens with zero attached hydrogens (tertiary/aromatic N) is 2. The van der Waals surface area contributed by atoms with Gasteiger partial charge in [0.2, 0.25) is 12.0 Å². The van der Waals surface area contributed by atoms with E-state index in [2.05, 4.69) is 10.6 Å². The Hall–Kier alpha value is -4.75. The van der Waals surface area contributed by atoms with Crippen LogP contribution in [0.2, 0.25) is 5.02 Å². The van der Waals surface area contributed by atoms with E-state index in [0.29, 0.717) is 11.3 Å². The second kappa shape index (κ2) is 11.4. The first-order chi connectivity index (χ1) is 16.8. The Morgan fingerprint density at radius 2 is 1.71 bits per heavy atom. The molecule has 1 unspecified atom stereocenters. The van der Waals surface area contributed by atoms with Gasteiger partial charge in [-0.1, -0.05) is 41.9 Å². The molecule has 0 aromatic heterocycles. The number of nitro benzene ring substituents is 1. The molecule has 0 aliphatic heterocycles. The van der Waals surface area contributed by atoms with Gasteiger partial charge in [-0.3, -0.25) is 19.7 Å². The summed E-state index contributed by atoms with van der Waals surface area (Å²) in [6.45, 7) is 0. The lowest BCUT2D eigenvalue weighted by atomic mass is 10.1. The van der Waals surface area contributed by atoms with Crippen molar-refractivity contribution in [2.45, 2.75) is 12.5 Å². The predicted octanol–water partition coefficient (Wildman–Crippen LogP) is 4.64. The topological polar surface area (TPSA) is 151 Å². The molecule has 176 valence electrons. The molecule has 3 rings (SSSR count). The lowest BCUT2D eigenvalue weighted by molar-refractivity contribution is -0.384. The number of hydrogen-bond acceptors (Lipinski definition) is 7. The molecule has 0 saturated heterocycles. The summed E-state index contributed by atoms with van der Waals surface area (Å²) in [5.74, 6) is -2.02. The van der Waals surface area contributed by atoms with Crippen LogP contribution in [-0.2, 0) is 14.3 Å². The Labute approximate surface area is 204 Å². The molecule has 2 amide bonds. The smallest absolute Gasteiger partial charge is 0.339 e. The molecule has 35 heavy (non-hydrogen) atoms. The van der Waals surface area contributed by atoms with Crippen LogP contribution in [0.1, 0.15) is 28.4 Å². The number of nitrogens with one attached hydrogen (secondary N) is 2. The Kier molecular flexibility index (Phi) is 8.11. The second-order valence-electron chi connectivity index (χ2n) is 7.07. The van der Waals surface area contributed by atoms with Gasteiger partial charge in [-0.25, -0.2) is 4.79 Å². The number of halogens is 1. The molecular formula is C24H17ClN4O6. The van der Waals surface area contributed by atoms with E-state index in [1.807, 2.05) is 0 Å². The monoisotopic (exact) mass is 492 g/mol. The molecule has 3 aromatic rings. The SMILES string of the molecule is N#CCC(=O)Nc1ccc(C(=O)OC(C(=O)Nc2ccc([N+](=O)[O-])cc2Cl)c2ccccc2)cc1. The molecule has 0 heterocycles. The van der Waals surface area contributed by atoms with Crippen LogP contribution in [0.15, 0.2) is 72.8 Å². The third-order valence-electron chi connectivity index (χ3n) is 4.63. The average molecular weight is 493 g/mol. The van der Waals surface area contributed by atoms with Gasteiger partial charge in [0.25, 0.3) is 11.6 Å². The summed E-state index contributed by atoms with van der Waals surface area (Å²) in [5, 5.41) is 24.4. The highest BCUT2D eigenvalue weighted by molar-refractivity contribution is 6.34. The maximum absolute atomic E-state index is 13.0. The van der Waals surface area contributed by atoms with Crippen LogP contribution in [0.4, 0.5) is 17.1 Å². The second-order valence-corrected chi connectivity index (χ2v) is 7.47. The molecule has 3 aromatic carbocycles. The summed E-state index contributed by atoms with van der Waals surface area (Å²) in [4.78, 5) is 47.6. The fourth-order valence-electron chi connectivity index (χ4n) is 2.96. The Bertz CT molecular complexity index is 1310. The van der Waals surface area contributed by atoms with Crippen LogP contribution in [0, 0.1) is 21.4 Å². The van der Waals surface area contributed by atoms with Crippen LogP contribution in [0.3, 0.4) is 0 Å². The Morgan fingerprint density at radius 1 is 1.03 bits per heavy atom. The van der Waals surface area contributed by atoms with E-state index in [0.717, 1.165) is 6.07 Å². The van der Waals surface area contributed by atoms with Crippen LogP contribution in [-0.4, -0.2) is 22.7 Å². The van der Waals surface area contributed by atoms with Crippen molar-refractivity contribution in [3.63, 3.8) is 0 Å². The van der Waals surface area contributed by atoms with E-state index in [1.54, 1.807) is 36.4 Å². The van der Waals surface area contributed by atoms with Gasteiger partial charge in [0.05, 0.1) is 27.3 Å². The number of carbonyl (C=O) groups excluding carboxylic acids is 3. The number of benzene rings is 3. The van der Waals surface area contributed by atoms with E-state index >= 15 is 0 Å². The van der Waals surface area contributed by atoms with Crippen molar-refractivity contribution >= 4 is 46.4 Å². The quantitative estimate of drug-likeness (QED) is 0.264. The molecule has 0 bridgehead atoms. The van der Waals surface area contributed by atoms with Gasteiger partial charge in [0.15, 0.2) is 0 Å². The van der Waals surface area contributed by atoms with Crippen molar-refractivity contribution in [3.05, 3.63) is 99.1 Å². The number of rotatable bonds is 8. The Morgan fingerprint density at radius 3 is 2.31 bits per heavy atom. The molecule has 0 saturated carbocycles. The summed E-state index contributed by atoms with van der Waals surface area (Å²) in [5.41, 5.74) is 0.747. The standard InChI is InChI=1S/C24H17ClN4O6/c25-19-14-18(29(33)34)10-11-20(19)28-23(31)22(15-4-2-1-3-5-15)35-24(32)16-6-8-17(9-7-16)27-21(30)12-13-26/h1-11,14,22H,12H2,(H,27,30)(H,28,31). The lowest BCUT2D eigenvalue weighted by Crippen LogP contribution is -2.26. The number of amides is 2. The van der Waals surface area contributed by atoms with E-state index in [-0.39, 0.29) is 28.4 Å². The highest BCUT2D eigenvalue weighted by Crippen LogP contribution is 2.29. The van der Waals surface area contributed by atoms with Gasteiger partial charge in [0.1, 0.15) is 6.42 Å². The van der Waals surface area contributed by atoms with E-state index in [1.165, 1.54) is 36.4 Å². The van der Waals surface area contributed by atoms with E-state index < -0.39 is 28.8 Å². The third kappa shape index (κ3) is 6.63. The molecule has 0 aliphatic carbocycles.